The van der Waals surface area contributed by atoms with Crippen molar-refractivity contribution in [2.24, 2.45) is 5.73 Å². The van der Waals surface area contributed by atoms with Crippen molar-refractivity contribution >= 4 is 5.78 Å². The molecule has 1 rings (SSSR count). The van der Waals surface area contributed by atoms with Gasteiger partial charge in [-0.1, -0.05) is 0 Å². The van der Waals surface area contributed by atoms with Gasteiger partial charge in [-0.15, -0.1) is 0 Å². The van der Waals surface area contributed by atoms with Gasteiger partial charge in [-0.3, -0.25) is 4.79 Å². The second kappa shape index (κ2) is 1.84. The van der Waals surface area contributed by atoms with Gasteiger partial charge in [0.05, 0.1) is 12.1 Å². The monoisotopic (exact) mass is 115 g/mol. The number of hydrogen-bond acceptors (Lipinski definition) is 3. The first-order valence-electron chi connectivity index (χ1n) is 2.61. The summed E-state index contributed by atoms with van der Waals surface area (Å²) < 4.78 is 4.90. The van der Waals surface area contributed by atoms with Gasteiger partial charge in [0, 0.05) is 0 Å². The van der Waals surface area contributed by atoms with Gasteiger partial charge in [0.15, 0.2) is 5.78 Å². The summed E-state index contributed by atoms with van der Waals surface area (Å²) in [5, 5.41) is 0. The Morgan fingerprint density at radius 1 is 1.88 bits per heavy atom. The normalized spacial score (nSPS) is 38.5. The maximum Gasteiger partial charge on any atom is 0.177 e. The Morgan fingerprint density at radius 2 is 2.50 bits per heavy atom. The van der Waals surface area contributed by atoms with Gasteiger partial charge in [0.25, 0.3) is 0 Å². The van der Waals surface area contributed by atoms with E-state index in [1.807, 2.05) is 0 Å². The van der Waals surface area contributed by atoms with Gasteiger partial charge >= 0.3 is 0 Å². The molecule has 0 bridgehead atoms. The van der Waals surface area contributed by atoms with Crippen LogP contribution in [0.25, 0.3) is 0 Å². The second-order valence-electron chi connectivity index (χ2n) is 2.01. The molecule has 1 heterocycles. The van der Waals surface area contributed by atoms with Crippen molar-refractivity contribution in [3.63, 3.8) is 0 Å². The first-order chi connectivity index (χ1) is 3.72. The quantitative estimate of drug-likeness (QED) is 0.454. The number of hydrogen-bond donors (Lipinski definition) is 1. The molecule has 8 heavy (non-hydrogen) atoms. The maximum atomic E-state index is 10.5. The minimum Gasteiger partial charge on any atom is -0.369 e. The molecule has 0 amide bonds. The van der Waals surface area contributed by atoms with Crippen LogP contribution in [-0.2, 0) is 9.53 Å². The molecule has 3 nitrogen and oxygen atoms in total. The lowest BCUT2D eigenvalue weighted by Crippen LogP contribution is -2.33. The minimum absolute atomic E-state index is 0.0116. The second-order valence-corrected chi connectivity index (χ2v) is 2.01. The Morgan fingerprint density at radius 3 is 2.62 bits per heavy atom. The van der Waals surface area contributed by atoms with E-state index in [1.54, 1.807) is 6.92 Å². The molecular formula is C5H9NO2. The van der Waals surface area contributed by atoms with Gasteiger partial charge < -0.3 is 10.5 Å². The SMILES string of the molecule is C[C@@H]1OCC(=O)[C@@H]1N. The van der Waals surface area contributed by atoms with E-state index in [0.29, 0.717) is 0 Å². The van der Waals surface area contributed by atoms with Crippen LogP contribution < -0.4 is 5.73 Å². The number of carbonyl (C=O) groups excluding carboxylic acids is 1. The molecule has 1 saturated heterocycles. The zero-order valence-corrected chi connectivity index (χ0v) is 4.76. The molecule has 2 N–H and O–H groups in total. The predicted octanol–water partition coefficient (Wildman–Crippen LogP) is -0.699. The van der Waals surface area contributed by atoms with Crippen LogP contribution in [0.15, 0.2) is 0 Å². The fourth-order valence-corrected chi connectivity index (χ4v) is 0.675. The molecule has 0 aromatic rings. The molecule has 1 fully saturated rings. The summed E-state index contributed by atoms with van der Waals surface area (Å²) in [6.45, 7) is 2.00. The summed E-state index contributed by atoms with van der Waals surface area (Å²) >= 11 is 0. The standard InChI is InChI=1S/C5H9NO2/c1-3-5(6)4(7)2-8-3/h3,5H,2,6H2,1H3/t3-,5+/m0/s1. The lowest BCUT2D eigenvalue weighted by molar-refractivity contribution is -0.118. The van der Waals surface area contributed by atoms with Crippen molar-refractivity contribution in [3.05, 3.63) is 0 Å². The van der Waals surface area contributed by atoms with E-state index >= 15 is 0 Å². The van der Waals surface area contributed by atoms with Crippen molar-refractivity contribution < 1.29 is 9.53 Å². The molecule has 2 atom stereocenters. The van der Waals surface area contributed by atoms with E-state index < -0.39 is 0 Å². The summed E-state index contributed by atoms with van der Waals surface area (Å²) in [5.74, 6) is 0.0116. The Bertz CT molecular complexity index is 113. The molecule has 0 saturated carbocycles. The van der Waals surface area contributed by atoms with E-state index in [-0.39, 0.29) is 24.5 Å². The average Bonchev–Trinajstić information content (AvgIpc) is 1.98. The van der Waals surface area contributed by atoms with Gasteiger partial charge in [0.1, 0.15) is 6.61 Å². The number of nitrogens with two attached hydrogens (primary N) is 1. The van der Waals surface area contributed by atoms with E-state index in [2.05, 4.69) is 0 Å². The Hall–Kier alpha value is -0.410. The molecule has 0 radical (unpaired) electrons. The summed E-state index contributed by atoms with van der Waals surface area (Å²) in [7, 11) is 0. The molecule has 1 aliphatic heterocycles. The van der Waals surface area contributed by atoms with Gasteiger partial charge in [-0.05, 0) is 6.92 Å². The topological polar surface area (TPSA) is 52.3 Å². The number of ether oxygens (including phenoxy) is 1. The third kappa shape index (κ3) is 0.743. The minimum atomic E-state index is -0.380. The molecule has 1 aliphatic rings. The van der Waals surface area contributed by atoms with Crippen LogP contribution in [0.2, 0.25) is 0 Å². The zero-order valence-electron chi connectivity index (χ0n) is 4.76. The molecule has 0 aromatic carbocycles. The maximum absolute atomic E-state index is 10.5. The van der Waals surface area contributed by atoms with Crippen molar-refractivity contribution in [2.45, 2.75) is 19.1 Å². The highest BCUT2D eigenvalue weighted by atomic mass is 16.5. The predicted molar refractivity (Wildman–Crippen MR) is 28.4 cm³/mol. The largest absolute Gasteiger partial charge is 0.369 e. The van der Waals surface area contributed by atoms with E-state index in [4.69, 9.17) is 10.5 Å². The molecule has 0 unspecified atom stereocenters. The van der Waals surface area contributed by atoms with Crippen molar-refractivity contribution in [1.29, 1.82) is 0 Å². The van der Waals surface area contributed by atoms with Crippen molar-refractivity contribution in [1.82, 2.24) is 0 Å². The molecule has 0 spiro atoms. The number of Topliss-reactive ketones (excluding diaryl/α,β-unsaturated/α-hetero) is 1. The summed E-state index contributed by atoms with van der Waals surface area (Å²) in [6, 6.07) is -0.380. The molecule has 3 heteroatoms. The van der Waals surface area contributed by atoms with E-state index in [1.165, 1.54) is 0 Å². The lowest BCUT2D eigenvalue weighted by atomic mass is 10.2. The molecule has 46 valence electrons. The van der Waals surface area contributed by atoms with Gasteiger partial charge in [0.2, 0.25) is 0 Å². The fourth-order valence-electron chi connectivity index (χ4n) is 0.675. The van der Waals surface area contributed by atoms with Crippen LogP contribution in [0, 0.1) is 0 Å². The Balaban J connectivity index is 2.56. The van der Waals surface area contributed by atoms with Crippen LogP contribution in [0.1, 0.15) is 6.92 Å². The highest BCUT2D eigenvalue weighted by molar-refractivity contribution is 5.87. The van der Waals surface area contributed by atoms with Crippen molar-refractivity contribution in [3.8, 4) is 0 Å². The Kier molecular flexibility index (Phi) is 1.31. The highest BCUT2D eigenvalue weighted by Gasteiger charge is 2.28. The van der Waals surface area contributed by atoms with Crippen LogP contribution in [0.5, 0.6) is 0 Å². The average molecular weight is 115 g/mol. The van der Waals surface area contributed by atoms with Crippen LogP contribution in [0.4, 0.5) is 0 Å². The summed E-state index contributed by atoms with van der Waals surface area (Å²) in [6.07, 6.45) is -0.0810. The third-order valence-electron chi connectivity index (χ3n) is 1.37. The summed E-state index contributed by atoms with van der Waals surface area (Å²) in [5.41, 5.74) is 5.35. The zero-order chi connectivity index (χ0) is 6.15. The van der Waals surface area contributed by atoms with Gasteiger partial charge in [-0.25, -0.2) is 0 Å². The van der Waals surface area contributed by atoms with Crippen LogP contribution in [0.3, 0.4) is 0 Å². The van der Waals surface area contributed by atoms with Gasteiger partial charge in [-0.2, -0.15) is 0 Å². The van der Waals surface area contributed by atoms with Crippen molar-refractivity contribution in [2.75, 3.05) is 6.61 Å². The van der Waals surface area contributed by atoms with E-state index in [9.17, 15) is 4.79 Å². The molecule has 0 aromatic heterocycles. The molecular weight excluding hydrogens is 106 g/mol. The molecule has 0 aliphatic carbocycles. The number of ketones is 1. The van der Waals surface area contributed by atoms with Crippen LogP contribution >= 0.6 is 0 Å². The smallest absolute Gasteiger partial charge is 0.177 e. The fraction of sp³-hybridized carbons (Fsp3) is 0.800. The summed E-state index contributed by atoms with van der Waals surface area (Å²) in [4.78, 5) is 10.5. The van der Waals surface area contributed by atoms with E-state index in [0.717, 1.165) is 0 Å². The third-order valence-corrected chi connectivity index (χ3v) is 1.37. The number of carbonyl (C=O) groups is 1. The first-order valence-corrected chi connectivity index (χ1v) is 2.61. The lowest BCUT2D eigenvalue weighted by Gasteiger charge is -2.03. The Labute approximate surface area is 47.8 Å². The van der Waals surface area contributed by atoms with Crippen LogP contribution in [-0.4, -0.2) is 24.5 Å². The first kappa shape index (κ1) is 5.72. The number of rotatable bonds is 0. The highest BCUT2D eigenvalue weighted by Crippen LogP contribution is 2.05.